The van der Waals surface area contributed by atoms with Crippen molar-refractivity contribution >= 4 is 12.3 Å². The summed E-state index contributed by atoms with van der Waals surface area (Å²) in [5, 5.41) is 8.36. The molecule has 0 fully saturated rings. The Hall–Kier alpha value is -1.48. The highest BCUT2D eigenvalue weighted by atomic mass is 16.6. The molecule has 0 aromatic rings. The molecule has 25 heavy (non-hydrogen) atoms. The van der Waals surface area contributed by atoms with E-state index in [1.807, 2.05) is 7.05 Å². The number of carbonyl (C=O) groups is 2. The first-order chi connectivity index (χ1) is 12.2. The monoisotopic (exact) mass is 359 g/mol. The van der Waals surface area contributed by atoms with Crippen molar-refractivity contribution in [3.05, 3.63) is 12.7 Å². The summed E-state index contributed by atoms with van der Waals surface area (Å²) in [6, 6.07) is 0. The van der Waals surface area contributed by atoms with E-state index in [9.17, 15) is 9.59 Å². The van der Waals surface area contributed by atoms with Gasteiger partial charge in [0, 0.05) is 32.9 Å². The summed E-state index contributed by atoms with van der Waals surface area (Å²) < 4.78 is 17.0. The number of rotatable bonds is 19. The number of nitrogens with one attached hydrogen (secondary N) is 3. The van der Waals surface area contributed by atoms with Crippen LogP contribution in [0.5, 0.6) is 0 Å². The van der Waals surface area contributed by atoms with Crippen LogP contribution in [0.3, 0.4) is 0 Å². The van der Waals surface area contributed by atoms with Crippen LogP contribution in [0.25, 0.3) is 0 Å². The van der Waals surface area contributed by atoms with Crippen LogP contribution < -0.4 is 16.0 Å². The lowest BCUT2D eigenvalue weighted by molar-refractivity contribution is -0.116. The van der Waals surface area contributed by atoms with Crippen molar-refractivity contribution in [1.29, 1.82) is 0 Å². The van der Waals surface area contributed by atoms with E-state index in [-0.39, 0.29) is 12.0 Å². The van der Waals surface area contributed by atoms with Gasteiger partial charge in [0.15, 0.2) is 0 Å². The molecule has 0 aliphatic carbocycles. The number of hydrogen-bond donors (Lipinski definition) is 3. The normalized spacial score (nSPS) is 11.7. The van der Waals surface area contributed by atoms with Gasteiger partial charge in [-0.2, -0.15) is 0 Å². The molecule has 8 heteroatoms. The third-order valence-electron chi connectivity index (χ3n) is 3.18. The molecule has 146 valence electrons. The Morgan fingerprint density at radius 2 is 1.68 bits per heavy atom. The lowest BCUT2D eigenvalue weighted by atomic mass is 10.3. The molecule has 8 nitrogen and oxygen atoms in total. The standard InChI is InChI=1S/C17H33N3O5/c1-3-17(22)20-9-6-12-25-16(13-23-10-4-7-18-2)14-24-11-5-8-19-15-21/h3,15-16,18H,1,4-14H2,2H3,(H,19,21)(H,20,22). The zero-order chi connectivity index (χ0) is 18.6. The summed E-state index contributed by atoms with van der Waals surface area (Å²) in [7, 11) is 1.91. The fourth-order valence-corrected chi connectivity index (χ4v) is 1.87. The number of amides is 2. The van der Waals surface area contributed by atoms with Gasteiger partial charge >= 0.3 is 0 Å². The Labute approximate surface area is 150 Å². The predicted molar refractivity (Wildman–Crippen MR) is 96.4 cm³/mol. The third kappa shape index (κ3) is 17.1. The number of carbonyl (C=O) groups excluding carboxylic acids is 2. The first-order valence-electron chi connectivity index (χ1n) is 8.73. The second kappa shape index (κ2) is 18.9. The second-order valence-electron chi connectivity index (χ2n) is 5.37. The van der Waals surface area contributed by atoms with E-state index in [0.717, 1.165) is 19.4 Å². The van der Waals surface area contributed by atoms with Crippen LogP contribution >= 0.6 is 0 Å². The molecule has 0 bridgehead atoms. The fraction of sp³-hybridized carbons (Fsp3) is 0.765. The lowest BCUT2D eigenvalue weighted by Crippen LogP contribution is -2.29. The molecule has 2 amide bonds. The Bertz CT molecular complexity index is 342. The molecular weight excluding hydrogens is 326 g/mol. The largest absolute Gasteiger partial charge is 0.379 e. The van der Waals surface area contributed by atoms with Gasteiger partial charge in [-0.25, -0.2) is 0 Å². The highest BCUT2D eigenvalue weighted by Crippen LogP contribution is 1.98. The van der Waals surface area contributed by atoms with Crippen molar-refractivity contribution in [1.82, 2.24) is 16.0 Å². The first kappa shape index (κ1) is 23.5. The van der Waals surface area contributed by atoms with Crippen molar-refractivity contribution < 1.29 is 23.8 Å². The smallest absolute Gasteiger partial charge is 0.243 e. The van der Waals surface area contributed by atoms with Crippen molar-refractivity contribution in [2.75, 3.05) is 59.7 Å². The summed E-state index contributed by atoms with van der Waals surface area (Å²) in [6.45, 7) is 8.08. The Balaban J connectivity index is 3.87. The topological polar surface area (TPSA) is 97.9 Å². The minimum absolute atomic E-state index is 0.149. The molecule has 0 spiro atoms. The zero-order valence-corrected chi connectivity index (χ0v) is 15.3. The highest BCUT2D eigenvalue weighted by molar-refractivity contribution is 5.86. The first-order valence-corrected chi connectivity index (χ1v) is 8.73. The van der Waals surface area contributed by atoms with Crippen LogP contribution in [0.15, 0.2) is 12.7 Å². The molecule has 0 aliphatic rings. The molecule has 0 saturated carbocycles. The maximum absolute atomic E-state index is 11.0. The molecule has 0 saturated heterocycles. The van der Waals surface area contributed by atoms with E-state index in [1.165, 1.54) is 6.08 Å². The molecule has 1 unspecified atom stereocenters. The highest BCUT2D eigenvalue weighted by Gasteiger charge is 2.10. The van der Waals surface area contributed by atoms with Gasteiger partial charge in [0.1, 0.15) is 6.10 Å². The van der Waals surface area contributed by atoms with Gasteiger partial charge in [-0.3, -0.25) is 9.59 Å². The van der Waals surface area contributed by atoms with Crippen molar-refractivity contribution in [3.8, 4) is 0 Å². The quantitative estimate of drug-likeness (QED) is 0.168. The summed E-state index contributed by atoms with van der Waals surface area (Å²) in [4.78, 5) is 21.2. The van der Waals surface area contributed by atoms with E-state index in [4.69, 9.17) is 14.2 Å². The van der Waals surface area contributed by atoms with Crippen LogP contribution in [-0.2, 0) is 23.8 Å². The minimum Gasteiger partial charge on any atom is -0.379 e. The van der Waals surface area contributed by atoms with E-state index in [0.29, 0.717) is 59.0 Å². The van der Waals surface area contributed by atoms with Crippen molar-refractivity contribution in [2.24, 2.45) is 0 Å². The molecular formula is C17H33N3O5. The predicted octanol–water partition coefficient (Wildman–Crippen LogP) is -0.157. The van der Waals surface area contributed by atoms with Crippen LogP contribution in [0, 0.1) is 0 Å². The van der Waals surface area contributed by atoms with E-state index in [1.54, 1.807) is 0 Å². The van der Waals surface area contributed by atoms with Crippen LogP contribution in [0.1, 0.15) is 19.3 Å². The molecule has 0 radical (unpaired) electrons. The molecule has 3 N–H and O–H groups in total. The second-order valence-corrected chi connectivity index (χ2v) is 5.37. The molecule has 1 atom stereocenters. The summed E-state index contributed by atoms with van der Waals surface area (Å²) in [5.74, 6) is -0.184. The fourth-order valence-electron chi connectivity index (χ4n) is 1.87. The van der Waals surface area contributed by atoms with E-state index >= 15 is 0 Å². The Morgan fingerprint density at radius 1 is 1.04 bits per heavy atom. The van der Waals surface area contributed by atoms with Crippen LogP contribution in [0.4, 0.5) is 0 Å². The van der Waals surface area contributed by atoms with Gasteiger partial charge in [-0.1, -0.05) is 6.58 Å². The van der Waals surface area contributed by atoms with E-state index < -0.39 is 0 Å². The summed E-state index contributed by atoms with van der Waals surface area (Å²) >= 11 is 0. The Morgan fingerprint density at radius 3 is 2.28 bits per heavy atom. The van der Waals surface area contributed by atoms with Gasteiger partial charge in [0.05, 0.1) is 13.2 Å². The van der Waals surface area contributed by atoms with Crippen molar-refractivity contribution in [2.45, 2.75) is 25.4 Å². The maximum Gasteiger partial charge on any atom is 0.243 e. The lowest BCUT2D eigenvalue weighted by Gasteiger charge is -2.18. The average Bonchev–Trinajstić information content (AvgIpc) is 2.63. The van der Waals surface area contributed by atoms with Gasteiger partial charge < -0.3 is 30.2 Å². The van der Waals surface area contributed by atoms with Crippen molar-refractivity contribution in [3.63, 3.8) is 0 Å². The molecule has 0 heterocycles. The Kier molecular flexibility index (Phi) is 17.7. The summed E-state index contributed by atoms with van der Waals surface area (Å²) in [6.07, 6.45) is 4.17. The molecule has 0 aromatic heterocycles. The number of hydrogen-bond acceptors (Lipinski definition) is 6. The molecule has 0 rings (SSSR count). The van der Waals surface area contributed by atoms with E-state index in [2.05, 4.69) is 22.5 Å². The number of ether oxygens (including phenoxy) is 3. The zero-order valence-electron chi connectivity index (χ0n) is 15.3. The van der Waals surface area contributed by atoms with Gasteiger partial charge in [0.25, 0.3) is 0 Å². The van der Waals surface area contributed by atoms with Gasteiger partial charge in [-0.15, -0.1) is 0 Å². The maximum atomic E-state index is 11.0. The average molecular weight is 359 g/mol. The van der Waals surface area contributed by atoms with Gasteiger partial charge in [0.2, 0.25) is 12.3 Å². The van der Waals surface area contributed by atoms with Gasteiger partial charge in [-0.05, 0) is 38.9 Å². The van der Waals surface area contributed by atoms with Crippen LogP contribution in [0.2, 0.25) is 0 Å². The molecule has 0 aliphatic heterocycles. The summed E-state index contributed by atoms with van der Waals surface area (Å²) in [5.41, 5.74) is 0. The SMILES string of the molecule is C=CC(=O)NCCCOC(COCCCNC)COCCCNC=O. The molecule has 0 aromatic carbocycles. The van der Waals surface area contributed by atoms with Crippen LogP contribution in [-0.4, -0.2) is 78.1 Å². The third-order valence-corrected chi connectivity index (χ3v) is 3.18. The minimum atomic E-state index is -0.184.